The Hall–Kier alpha value is -3.17. The highest BCUT2D eigenvalue weighted by Crippen LogP contribution is 2.43. The van der Waals surface area contributed by atoms with Crippen LogP contribution in [0.3, 0.4) is 0 Å². The van der Waals surface area contributed by atoms with Gasteiger partial charge in [-0.15, -0.1) is 0 Å². The van der Waals surface area contributed by atoms with Crippen molar-refractivity contribution in [2.24, 2.45) is 5.92 Å². The quantitative estimate of drug-likeness (QED) is 0.484. The highest BCUT2D eigenvalue weighted by Gasteiger charge is 2.36. The molecule has 2 aromatic heterocycles. The second-order valence-corrected chi connectivity index (χ2v) is 10.1. The lowest BCUT2D eigenvalue weighted by molar-refractivity contribution is -0.167. The fourth-order valence-electron chi connectivity index (χ4n) is 3.82. The summed E-state index contributed by atoms with van der Waals surface area (Å²) >= 11 is 0. The minimum absolute atomic E-state index is 0.0137. The second-order valence-electron chi connectivity index (χ2n) is 8.28. The summed E-state index contributed by atoms with van der Waals surface area (Å²) in [4.78, 5) is 3.84. The number of hydrogen-bond acceptors (Lipinski definition) is 5. The number of sulfonamides is 1. The van der Waals surface area contributed by atoms with Crippen LogP contribution >= 0.6 is 0 Å². The number of nitriles is 1. The van der Waals surface area contributed by atoms with Crippen LogP contribution < -0.4 is 4.72 Å². The molecule has 12 heteroatoms. The molecular formula is C22H20F4N4O3S. The van der Waals surface area contributed by atoms with Gasteiger partial charge in [-0.25, -0.2) is 17.5 Å². The topological polar surface area (TPSA) is 108 Å². The van der Waals surface area contributed by atoms with Gasteiger partial charge in [-0.2, -0.15) is 18.4 Å². The Morgan fingerprint density at radius 3 is 2.56 bits per heavy atom. The predicted molar refractivity (Wildman–Crippen MR) is 115 cm³/mol. The number of halogens is 4. The summed E-state index contributed by atoms with van der Waals surface area (Å²) in [5.41, 5.74) is 1.18. The van der Waals surface area contributed by atoms with Gasteiger partial charge in [-0.3, -0.25) is 4.98 Å². The minimum Gasteiger partial charge on any atom is -0.505 e. The van der Waals surface area contributed by atoms with E-state index in [4.69, 9.17) is 0 Å². The highest BCUT2D eigenvalue weighted by atomic mass is 32.2. The molecule has 4 rings (SSSR count). The molecule has 1 aliphatic rings. The average molecular weight is 496 g/mol. The zero-order valence-corrected chi connectivity index (χ0v) is 18.7. The number of alkyl halides is 3. The van der Waals surface area contributed by atoms with Crippen LogP contribution in [0.4, 0.5) is 17.6 Å². The van der Waals surface area contributed by atoms with Gasteiger partial charge < -0.3 is 9.67 Å². The first-order valence-electron chi connectivity index (χ1n) is 10.4. The van der Waals surface area contributed by atoms with Crippen molar-refractivity contribution in [3.63, 3.8) is 0 Å². The van der Waals surface area contributed by atoms with Crippen molar-refractivity contribution in [1.82, 2.24) is 14.3 Å². The van der Waals surface area contributed by atoms with Crippen molar-refractivity contribution in [2.45, 2.75) is 43.3 Å². The lowest BCUT2D eigenvalue weighted by Crippen LogP contribution is -2.34. The van der Waals surface area contributed by atoms with Crippen LogP contribution in [-0.4, -0.2) is 35.8 Å². The number of hydrogen-bond donors (Lipinski definition) is 2. The normalized spacial score (nSPS) is 15.8. The van der Waals surface area contributed by atoms with Gasteiger partial charge in [-0.1, -0.05) is 6.92 Å². The maximum atomic E-state index is 14.1. The number of pyridine rings is 1. The van der Waals surface area contributed by atoms with Crippen molar-refractivity contribution in [1.29, 1.82) is 5.26 Å². The highest BCUT2D eigenvalue weighted by molar-refractivity contribution is 7.89. The van der Waals surface area contributed by atoms with Crippen LogP contribution in [0.25, 0.3) is 22.3 Å². The standard InChI is InChI=1S/C22H20F4N4O3S/c1-12(22(24,25)26)10-29-34(32,33)14-5-6-18(28-11-14)21-16(9-27)15-7-17(23)20(31)8-19(15)30(21)13-3-2-4-13/h5-8,11-13,29,31H,2-4,10H2,1H3/t12-/m1/s1. The number of phenolic OH excluding ortho intramolecular Hbond substituents is 1. The van der Waals surface area contributed by atoms with Gasteiger partial charge in [0.1, 0.15) is 11.0 Å². The molecule has 2 heterocycles. The van der Waals surface area contributed by atoms with E-state index in [2.05, 4.69) is 11.1 Å². The third-order valence-electron chi connectivity index (χ3n) is 6.05. The van der Waals surface area contributed by atoms with Gasteiger partial charge >= 0.3 is 6.18 Å². The molecule has 7 nitrogen and oxygen atoms in total. The van der Waals surface area contributed by atoms with Crippen LogP contribution in [0, 0.1) is 23.1 Å². The van der Waals surface area contributed by atoms with Gasteiger partial charge in [0, 0.05) is 30.2 Å². The molecule has 3 aromatic rings. The van der Waals surface area contributed by atoms with Gasteiger partial charge in [0.05, 0.1) is 28.4 Å². The number of rotatable bonds is 6. The largest absolute Gasteiger partial charge is 0.505 e. The molecule has 0 bridgehead atoms. The van der Waals surface area contributed by atoms with E-state index in [1.165, 1.54) is 18.2 Å². The van der Waals surface area contributed by atoms with E-state index in [1.807, 2.05) is 4.72 Å². The fourth-order valence-corrected chi connectivity index (χ4v) is 4.90. The van der Waals surface area contributed by atoms with Crippen LogP contribution in [0.1, 0.15) is 37.8 Å². The van der Waals surface area contributed by atoms with E-state index in [9.17, 15) is 36.3 Å². The van der Waals surface area contributed by atoms with E-state index in [0.717, 1.165) is 38.4 Å². The summed E-state index contributed by atoms with van der Waals surface area (Å²) in [7, 11) is -4.25. The van der Waals surface area contributed by atoms with Crippen LogP contribution in [-0.2, 0) is 10.0 Å². The van der Waals surface area contributed by atoms with Crippen molar-refractivity contribution in [3.8, 4) is 23.2 Å². The average Bonchev–Trinajstić information content (AvgIpc) is 3.03. The Labute approximate surface area is 192 Å². The van der Waals surface area contributed by atoms with Crippen molar-refractivity contribution in [3.05, 3.63) is 41.8 Å². The Balaban J connectivity index is 1.75. The van der Waals surface area contributed by atoms with Crippen molar-refractivity contribution < 1.29 is 31.1 Å². The van der Waals surface area contributed by atoms with E-state index in [1.54, 1.807) is 4.57 Å². The number of phenols is 1. The number of nitrogens with one attached hydrogen (secondary N) is 1. The predicted octanol–water partition coefficient (Wildman–Crippen LogP) is 4.62. The zero-order chi connectivity index (χ0) is 24.8. The molecule has 180 valence electrons. The molecule has 1 fully saturated rings. The Morgan fingerprint density at radius 1 is 1.32 bits per heavy atom. The molecule has 1 saturated carbocycles. The number of benzene rings is 1. The third kappa shape index (κ3) is 4.21. The molecule has 0 spiro atoms. The summed E-state index contributed by atoms with van der Waals surface area (Å²) in [6.45, 7) is 0.0460. The molecule has 0 radical (unpaired) electrons. The SMILES string of the molecule is C[C@H](CNS(=O)(=O)c1ccc(-c2c(C#N)c3cc(F)c(O)cc3n2C2CCC2)nc1)C(F)(F)F. The number of nitrogens with zero attached hydrogens (tertiary/aromatic N) is 3. The number of fused-ring (bicyclic) bond motifs is 1. The zero-order valence-electron chi connectivity index (χ0n) is 17.9. The first-order chi connectivity index (χ1) is 15.9. The van der Waals surface area contributed by atoms with Gasteiger partial charge in [0.15, 0.2) is 11.6 Å². The summed E-state index contributed by atoms with van der Waals surface area (Å²) in [6, 6.07) is 6.90. The third-order valence-corrected chi connectivity index (χ3v) is 7.46. The Bertz CT molecular complexity index is 1390. The maximum Gasteiger partial charge on any atom is 0.392 e. The molecule has 1 aliphatic carbocycles. The van der Waals surface area contributed by atoms with E-state index in [-0.39, 0.29) is 22.2 Å². The molecule has 0 saturated heterocycles. The lowest BCUT2D eigenvalue weighted by atomic mass is 9.92. The summed E-state index contributed by atoms with van der Waals surface area (Å²) < 4.78 is 80.8. The van der Waals surface area contributed by atoms with E-state index < -0.39 is 40.2 Å². The van der Waals surface area contributed by atoms with E-state index in [0.29, 0.717) is 16.6 Å². The molecule has 0 aliphatic heterocycles. The first kappa shape index (κ1) is 24.0. The first-order valence-corrected chi connectivity index (χ1v) is 11.9. The van der Waals surface area contributed by atoms with Gasteiger partial charge in [0.2, 0.25) is 10.0 Å². The summed E-state index contributed by atoms with van der Waals surface area (Å²) in [6.07, 6.45) is -0.994. The monoisotopic (exact) mass is 496 g/mol. The van der Waals surface area contributed by atoms with Gasteiger partial charge in [0.25, 0.3) is 0 Å². The molecule has 0 amide bonds. The van der Waals surface area contributed by atoms with Crippen molar-refractivity contribution >= 4 is 20.9 Å². The Kier molecular flexibility index (Phi) is 6.03. The molecule has 1 aromatic carbocycles. The molecule has 34 heavy (non-hydrogen) atoms. The number of aromatic hydroxyl groups is 1. The minimum atomic E-state index is -4.54. The molecule has 0 unspecified atom stereocenters. The van der Waals surface area contributed by atoms with Crippen molar-refractivity contribution in [2.75, 3.05) is 6.54 Å². The molecule has 1 atom stereocenters. The lowest BCUT2D eigenvalue weighted by Gasteiger charge is -2.30. The maximum absolute atomic E-state index is 14.1. The van der Waals surface area contributed by atoms with Crippen LogP contribution in [0.5, 0.6) is 5.75 Å². The number of aromatic nitrogens is 2. The van der Waals surface area contributed by atoms with Crippen LogP contribution in [0.2, 0.25) is 0 Å². The molecular weight excluding hydrogens is 476 g/mol. The summed E-state index contributed by atoms with van der Waals surface area (Å²) in [5, 5.41) is 20.0. The summed E-state index contributed by atoms with van der Waals surface area (Å²) in [5.74, 6) is -3.31. The molecule has 2 N–H and O–H groups in total. The van der Waals surface area contributed by atoms with Crippen LogP contribution in [0.15, 0.2) is 35.4 Å². The smallest absolute Gasteiger partial charge is 0.392 e. The fraction of sp³-hybridized carbons (Fsp3) is 0.364. The van der Waals surface area contributed by atoms with Gasteiger partial charge in [-0.05, 0) is 37.5 Å². The second kappa shape index (κ2) is 8.56. The Morgan fingerprint density at radius 2 is 2.03 bits per heavy atom. The van der Waals surface area contributed by atoms with E-state index >= 15 is 0 Å².